The molecule has 1 amide bonds. The number of amides is 1. The molecule has 9 nitrogen and oxygen atoms in total. The Bertz CT molecular complexity index is 1780. The van der Waals surface area contributed by atoms with Crippen molar-refractivity contribution >= 4 is 19.7 Å². The normalized spacial score (nSPS) is 14.4. The van der Waals surface area contributed by atoms with E-state index in [1.807, 2.05) is 33.3 Å². The predicted molar refractivity (Wildman–Crippen MR) is 343 cm³/mol. The fourth-order valence-electron chi connectivity index (χ4n) is 8.66. The molecule has 0 spiro atoms. The SMILES string of the molecule is CC/C=C\C/C=C\C/C=C\C/C=C\C/C=C\CCCC(=O)OC(/C=C\CCCCCCCCCCCC)C(COP(=O)([O-])OCC[N+](C)(C)C)NC(=O)CCCCCCCCCCC/C=C\C/C=C\C/C=C\C/C=C\CCCCC. The summed E-state index contributed by atoms with van der Waals surface area (Å²) < 4.78 is 30.3. The summed E-state index contributed by atoms with van der Waals surface area (Å²) >= 11 is 0. The van der Waals surface area contributed by atoms with E-state index in [-0.39, 0.29) is 18.9 Å². The molecule has 0 aromatic rings. The third-order valence-electron chi connectivity index (χ3n) is 13.6. The molecule has 0 aliphatic rings. The van der Waals surface area contributed by atoms with Crippen molar-refractivity contribution < 1.29 is 37.3 Å². The Labute approximate surface area is 493 Å². The zero-order chi connectivity index (χ0) is 58.6. The van der Waals surface area contributed by atoms with Crippen molar-refractivity contribution in [2.75, 3.05) is 40.9 Å². The number of rotatable bonds is 57. The number of ether oxygens (including phenoxy) is 1. The summed E-state index contributed by atoms with van der Waals surface area (Å²) in [5, 5.41) is 3.01. The van der Waals surface area contributed by atoms with Crippen LogP contribution in [0, 0.1) is 0 Å². The van der Waals surface area contributed by atoms with Crippen LogP contribution in [0.4, 0.5) is 0 Å². The Morgan fingerprint density at radius 3 is 1.25 bits per heavy atom. The Morgan fingerprint density at radius 1 is 0.450 bits per heavy atom. The van der Waals surface area contributed by atoms with Gasteiger partial charge in [0.1, 0.15) is 19.3 Å². The second-order valence-corrected chi connectivity index (χ2v) is 23.9. The Hall–Kier alpha value is -3.59. The van der Waals surface area contributed by atoms with Gasteiger partial charge in [-0.1, -0.05) is 252 Å². The van der Waals surface area contributed by atoms with E-state index in [1.165, 1.54) is 109 Å². The summed E-state index contributed by atoms with van der Waals surface area (Å²) in [7, 11) is 1.13. The van der Waals surface area contributed by atoms with Crippen LogP contribution in [-0.2, 0) is 27.9 Å². The molecular weight excluding hydrogens is 1010 g/mol. The van der Waals surface area contributed by atoms with Gasteiger partial charge in [-0.05, 0) is 115 Å². The molecule has 3 unspecified atom stereocenters. The van der Waals surface area contributed by atoms with Crippen molar-refractivity contribution in [1.29, 1.82) is 0 Å². The second-order valence-electron chi connectivity index (χ2n) is 22.5. The molecule has 0 bridgehead atoms. The van der Waals surface area contributed by atoms with Crippen LogP contribution < -0.4 is 10.2 Å². The van der Waals surface area contributed by atoms with Gasteiger partial charge in [-0.3, -0.25) is 14.2 Å². The zero-order valence-electron chi connectivity index (χ0n) is 52.2. The summed E-state index contributed by atoms with van der Waals surface area (Å²) in [6, 6.07) is -0.923. The van der Waals surface area contributed by atoms with Gasteiger partial charge in [0.2, 0.25) is 5.91 Å². The molecule has 3 atom stereocenters. The number of esters is 1. The summed E-state index contributed by atoms with van der Waals surface area (Å²) in [4.78, 5) is 40.0. The van der Waals surface area contributed by atoms with Crippen LogP contribution in [0.1, 0.15) is 258 Å². The second kappa shape index (κ2) is 58.6. The monoisotopic (exact) mass is 1130 g/mol. The average Bonchev–Trinajstić information content (AvgIpc) is 3.42. The maximum Gasteiger partial charge on any atom is 0.306 e. The molecule has 10 heteroatoms. The Morgan fingerprint density at radius 2 is 0.812 bits per heavy atom. The lowest BCUT2D eigenvalue weighted by Crippen LogP contribution is -2.47. The van der Waals surface area contributed by atoms with Gasteiger partial charge >= 0.3 is 5.97 Å². The highest BCUT2D eigenvalue weighted by molar-refractivity contribution is 7.45. The van der Waals surface area contributed by atoms with Gasteiger partial charge in [0, 0.05) is 12.8 Å². The molecule has 0 rings (SSSR count). The summed E-state index contributed by atoms with van der Waals surface area (Å²) in [5.41, 5.74) is 0. The fraction of sp³-hybridized carbons (Fsp3) is 0.686. The number of nitrogens with one attached hydrogen (secondary N) is 1. The van der Waals surface area contributed by atoms with Crippen LogP contribution in [0.5, 0.6) is 0 Å². The van der Waals surface area contributed by atoms with Crippen LogP contribution in [0.2, 0.25) is 0 Å². The fourth-order valence-corrected chi connectivity index (χ4v) is 9.38. The van der Waals surface area contributed by atoms with E-state index in [1.54, 1.807) is 0 Å². The van der Waals surface area contributed by atoms with Gasteiger partial charge in [0.25, 0.3) is 7.82 Å². The van der Waals surface area contributed by atoms with E-state index in [0.717, 1.165) is 109 Å². The molecule has 0 heterocycles. The van der Waals surface area contributed by atoms with E-state index in [9.17, 15) is 19.0 Å². The zero-order valence-corrected chi connectivity index (χ0v) is 53.1. The van der Waals surface area contributed by atoms with Crippen molar-refractivity contribution in [3.63, 3.8) is 0 Å². The molecule has 0 aromatic carbocycles. The average molecular weight is 1130 g/mol. The van der Waals surface area contributed by atoms with Crippen LogP contribution in [0.25, 0.3) is 0 Å². The molecule has 458 valence electrons. The van der Waals surface area contributed by atoms with E-state index in [0.29, 0.717) is 23.9 Å². The third kappa shape index (κ3) is 59.0. The minimum absolute atomic E-state index is 0.0386. The number of likely N-dealkylation sites (N-methyl/N-ethyl adjacent to an activating group) is 1. The quantitative estimate of drug-likeness (QED) is 0.0212. The van der Waals surface area contributed by atoms with Gasteiger partial charge in [-0.15, -0.1) is 0 Å². The highest BCUT2D eigenvalue weighted by Gasteiger charge is 2.27. The maximum atomic E-state index is 13.6. The van der Waals surface area contributed by atoms with Gasteiger partial charge in [-0.2, -0.15) is 0 Å². The number of phosphoric acid groups is 1. The number of carbonyl (C=O) groups excluding carboxylic acids is 2. The van der Waals surface area contributed by atoms with Gasteiger partial charge < -0.3 is 28.5 Å². The number of phosphoric ester groups is 1. The molecule has 0 saturated heterocycles. The van der Waals surface area contributed by atoms with E-state index in [4.69, 9.17) is 13.8 Å². The number of carbonyl (C=O) groups is 2. The number of unbranched alkanes of at least 4 members (excludes halogenated alkanes) is 23. The van der Waals surface area contributed by atoms with Gasteiger partial charge in [-0.25, -0.2) is 0 Å². The molecule has 0 fully saturated rings. The van der Waals surface area contributed by atoms with Crippen molar-refractivity contribution in [2.24, 2.45) is 0 Å². The first-order valence-electron chi connectivity index (χ1n) is 32.3. The summed E-state index contributed by atoms with van der Waals surface area (Å²) in [5.74, 6) is -0.622. The molecule has 0 saturated carbocycles. The lowest BCUT2D eigenvalue weighted by molar-refractivity contribution is -0.870. The van der Waals surface area contributed by atoms with E-state index in [2.05, 4.69) is 135 Å². The molecule has 0 aliphatic heterocycles. The van der Waals surface area contributed by atoms with Crippen LogP contribution in [-0.4, -0.2) is 69.4 Å². The van der Waals surface area contributed by atoms with Crippen LogP contribution in [0.3, 0.4) is 0 Å². The summed E-state index contributed by atoms with van der Waals surface area (Å²) in [6.07, 6.45) is 81.8. The molecule has 0 radical (unpaired) electrons. The summed E-state index contributed by atoms with van der Waals surface area (Å²) in [6.45, 7) is 6.65. The van der Waals surface area contributed by atoms with Gasteiger partial charge in [0.15, 0.2) is 0 Å². The molecule has 80 heavy (non-hydrogen) atoms. The third-order valence-corrected chi connectivity index (χ3v) is 14.6. The topological polar surface area (TPSA) is 114 Å². The number of hydrogen-bond donors (Lipinski definition) is 1. The molecular formula is C70H121N2O7P. The number of allylic oxidation sites excluding steroid dienone is 19. The number of quaternary nitrogens is 1. The minimum atomic E-state index is -4.72. The van der Waals surface area contributed by atoms with E-state index >= 15 is 0 Å². The lowest BCUT2D eigenvalue weighted by Gasteiger charge is -2.30. The highest BCUT2D eigenvalue weighted by Crippen LogP contribution is 2.38. The molecule has 0 aliphatic carbocycles. The minimum Gasteiger partial charge on any atom is -0.756 e. The van der Waals surface area contributed by atoms with Crippen LogP contribution in [0.15, 0.2) is 122 Å². The molecule has 1 N–H and O–H groups in total. The maximum absolute atomic E-state index is 13.6. The van der Waals surface area contributed by atoms with Crippen molar-refractivity contribution in [2.45, 2.75) is 270 Å². The first-order chi connectivity index (χ1) is 38.9. The number of nitrogens with zero attached hydrogens (tertiary/aromatic N) is 1. The predicted octanol–water partition coefficient (Wildman–Crippen LogP) is 19.6. The van der Waals surface area contributed by atoms with E-state index < -0.39 is 32.5 Å². The largest absolute Gasteiger partial charge is 0.756 e. The van der Waals surface area contributed by atoms with Crippen molar-refractivity contribution in [1.82, 2.24) is 5.32 Å². The lowest BCUT2D eigenvalue weighted by atomic mass is 10.0. The standard InChI is InChI=1S/C70H121N2O7P/c1-7-10-13-16-19-22-25-28-30-32-33-34-35-36-37-38-39-41-42-44-47-50-53-56-59-62-69(73)71-67(66-78-80(75,76)77-65-64-72(4,5)6)68(61-58-55-52-49-46-27-24-21-18-15-12-9-3)79-70(74)63-60-57-54-51-48-45-43-40-31-29-26-23-20-17-14-11-8-2/h11,14,19-20,22-23,28-31,33-34,36-37,43,45,51,54,58,61,67-68H,7-10,12-13,15-18,21,24-27,32,35,38-42,44,46-50,52-53,55-57,59-60,62-66H2,1-6H3,(H-,71,73,75,76)/b14-11-,22-19-,23-20-,30-28-,31-29-,34-33-,37-36-,45-43-,54-51-,61-58-. The Kier molecular flexibility index (Phi) is 56.0. The first kappa shape index (κ1) is 76.4. The van der Waals surface area contributed by atoms with Crippen LogP contribution >= 0.6 is 7.82 Å². The first-order valence-corrected chi connectivity index (χ1v) is 33.8. The smallest absolute Gasteiger partial charge is 0.306 e. The number of hydrogen-bond acceptors (Lipinski definition) is 7. The molecule has 0 aromatic heterocycles. The van der Waals surface area contributed by atoms with Gasteiger partial charge in [0.05, 0.1) is 33.8 Å². The highest BCUT2D eigenvalue weighted by atomic mass is 31.2. The van der Waals surface area contributed by atoms with Crippen molar-refractivity contribution in [3.05, 3.63) is 122 Å². The van der Waals surface area contributed by atoms with Crippen molar-refractivity contribution in [3.8, 4) is 0 Å². The Balaban J connectivity index is 5.25.